The van der Waals surface area contributed by atoms with Gasteiger partial charge in [-0.05, 0) is 60.7 Å². The molecule has 0 saturated carbocycles. The van der Waals surface area contributed by atoms with E-state index in [2.05, 4.69) is 9.44 Å². The lowest BCUT2D eigenvalue weighted by molar-refractivity contribution is 0.417. The minimum absolute atomic E-state index is 0.175. The van der Waals surface area contributed by atoms with Gasteiger partial charge in [0.2, 0.25) is 9.84 Å². The van der Waals surface area contributed by atoms with E-state index in [1.54, 1.807) is 36.4 Å². The van der Waals surface area contributed by atoms with Gasteiger partial charge in [0.1, 0.15) is 11.5 Å². The molecule has 0 bridgehead atoms. The Balaban J connectivity index is 1.67. The van der Waals surface area contributed by atoms with Crippen molar-refractivity contribution >= 4 is 41.3 Å². The summed E-state index contributed by atoms with van der Waals surface area (Å²) in [7, 11) is -9.92. The van der Waals surface area contributed by atoms with Gasteiger partial charge in [-0.3, -0.25) is 9.44 Å². The third-order valence-corrected chi connectivity index (χ3v) is 10.0. The maximum atomic E-state index is 13.4. The van der Waals surface area contributed by atoms with Crippen molar-refractivity contribution in [3.05, 3.63) is 97.1 Å². The lowest BCUT2D eigenvalue weighted by Crippen LogP contribution is -2.15. The number of anilines is 2. The Hall–Kier alpha value is -4.07. The molecule has 0 atom stereocenters. The minimum Gasteiger partial charge on any atom is -0.495 e. The first-order valence-corrected chi connectivity index (χ1v) is 15.7. The molecule has 0 aliphatic carbocycles. The van der Waals surface area contributed by atoms with Gasteiger partial charge in [0.15, 0.2) is 0 Å². The Morgan fingerprint density at radius 1 is 0.487 bits per heavy atom. The van der Waals surface area contributed by atoms with Crippen LogP contribution in [0.2, 0.25) is 0 Å². The second-order valence-electron chi connectivity index (χ2n) is 8.06. The van der Waals surface area contributed by atoms with Gasteiger partial charge in [-0.15, -0.1) is 0 Å². The molecule has 0 spiro atoms. The molecule has 4 aromatic rings. The molecule has 0 unspecified atom stereocenters. The third kappa shape index (κ3) is 6.00. The highest BCUT2D eigenvalue weighted by molar-refractivity contribution is 7.93. The van der Waals surface area contributed by atoms with Crippen LogP contribution in [-0.4, -0.2) is 39.5 Å². The predicted molar refractivity (Wildman–Crippen MR) is 146 cm³/mol. The van der Waals surface area contributed by atoms with Crippen molar-refractivity contribution in [2.45, 2.75) is 19.6 Å². The zero-order valence-electron chi connectivity index (χ0n) is 20.7. The molecular formula is C26H24N2O8S3. The van der Waals surface area contributed by atoms with E-state index in [0.717, 1.165) is 12.1 Å². The first-order chi connectivity index (χ1) is 18.5. The van der Waals surface area contributed by atoms with E-state index in [-0.39, 0.29) is 42.5 Å². The summed E-state index contributed by atoms with van der Waals surface area (Å²) in [4.78, 5) is -1.29. The molecule has 0 aliphatic heterocycles. The van der Waals surface area contributed by atoms with Crippen molar-refractivity contribution in [1.82, 2.24) is 0 Å². The molecule has 0 heterocycles. The minimum atomic E-state index is -4.31. The van der Waals surface area contributed by atoms with Gasteiger partial charge < -0.3 is 9.47 Å². The van der Waals surface area contributed by atoms with Gasteiger partial charge >= 0.3 is 0 Å². The molecule has 0 radical (unpaired) electrons. The van der Waals surface area contributed by atoms with Crippen LogP contribution in [0, 0.1) is 0 Å². The summed E-state index contributed by atoms with van der Waals surface area (Å²) in [6.07, 6.45) is 0. The average molecular weight is 589 g/mol. The Morgan fingerprint density at radius 2 is 0.846 bits per heavy atom. The Morgan fingerprint density at radius 3 is 1.23 bits per heavy atom. The lowest BCUT2D eigenvalue weighted by Gasteiger charge is -2.13. The molecule has 0 aliphatic rings. The van der Waals surface area contributed by atoms with E-state index < -0.39 is 29.9 Å². The van der Waals surface area contributed by atoms with E-state index in [1.165, 1.54) is 62.8 Å². The number of rotatable bonds is 10. The molecule has 4 aromatic carbocycles. The van der Waals surface area contributed by atoms with Crippen LogP contribution in [0.15, 0.2) is 117 Å². The third-order valence-electron chi connectivity index (χ3n) is 5.55. The van der Waals surface area contributed by atoms with Crippen molar-refractivity contribution in [1.29, 1.82) is 0 Å². The van der Waals surface area contributed by atoms with Gasteiger partial charge in [-0.2, -0.15) is 0 Å². The van der Waals surface area contributed by atoms with Crippen molar-refractivity contribution in [3.63, 3.8) is 0 Å². The number of methoxy groups -OCH3 is 2. The highest BCUT2D eigenvalue weighted by Gasteiger charge is 2.25. The van der Waals surface area contributed by atoms with Crippen LogP contribution in [0.25, 0.3) is 0 Å². The van der Waals surface area contributed by atoms with Crippen molar-refractivity contribution in [2.24, 2.45) is 0 Å². The largest absolute Gasteiger partial charge is 0.495 e. The highest BCUT2D eigenvalue weighted by atomic mass is 32.2. The zero-order chi connectivity index (χ0) is 28.3. The standard InChI is InChI=1S/C26H24N2O8S3/c1-35-25-15-5-3-13-23(25)27-38(31,32)21-11-7-9-19(17-21)37(29,30)20-10-8-12-22(18-20)39(33,34)28-24-14-4-6-16-26(24)36-2/h3-18,27-28H,1-2H3. The summed E-state index contributed by atoms with van der Waals surface area (Å²) in [6.45, 7) is 0. The van der Waals surface area contributed by atoms with Gasteiger partial charge in [-0.25, -0.2) is 25.3 Å². The van der Waals surface area contributed by atoms with Gasteiger partial charge in [0.25, 0.3) is 20.0 Å². The van der Waals surface area contributed by atoms with E-state index in [9.17, 15) is 25.3 Å². The Kier molecular flexibility index (Phi) is 7.86. The summed E-state index contributed by atoms with van der Waals surface area (Å²) >= 11 is 0. The number of hydrogen-bond acceptors (Lipinski definition) is 8. The van der Waals surface area contributed by atoms with Crippen LogP contribution in [0.3, 0.4) is 0 Å². The van der Waals surface area contributed by atoms with E-state index in [4.69, 9.17) is 9.47 Å². The highest BCUT2D eigenvalue weighted by Crippen LogP contribution is 2.30. The molecule has 0 fully saturated rings. The van der Waals surface area contributed by atoms with E-state index in [1.807, 2.05) is 0 Å². The number of benzene rings is 4. The summed E-state index contributed by atoms with van der Waals surface area (Å²) in [5, 5.41) is 0. The van der Waals surface area contributed by atoms with Crippen LogP contribution >= 0.6 is 0 Å². The predicted octanol–water partition coefficient (Wildman–Crippen LogP) is 4.14. The molecule has 204 valence electrons. The van der Waals surface area contributed by atoms with Crippen LogP contribution in [0.1, 0.15) is 0 Å². The van der Waals surface area contributed by atoms with Crippen LogP contribution in [-0.2, 0) is 29.9 Å². The first kappa shape index (κ1) is 28.0. The maximum absolute atomic E-state index is 13.4. The molecule has 10 nitrogen and oxygen atoms in total. The monoisotopic (exact) mass is 588 g/mol. The number of nitrogens with one attached hydrogen (secondary N) is 2. The number of hydrogen-bond donors (Lipinski definition) is 2. The second kappa shape index (κ2) is 11.0. The smallest absolute Gasteiger partial charge is 0.262 e. The summed E-state index contributed by atoms with van der Waals surface area (Å²) in [5.41, 5.74) is 0.349. The average Bonchev–Trinajstić information content (AvgIpc) is 2.93. The number of sulfone groups is 1. The normalized spacial score (nSPS) is 11.9. The number of para-hydroxylation sites is 4. The second-order valence-corrected chi connectivity index (χ2v) is 13.4. The van der Waals surface area contributed by atoms with Crippen LogP contribution < -0.4 is 18.9 Å². The zero-order valence-corrected chi connectivity index (χ0v) is 23.2. The van der Waals surface area contributed by atoms with Crippen molar-refractivity contribution < 1.29 is 34.7 Å². The van der Waals surface area contributed by atoms with Crippen LogP contribution in [0.4, 0.5) is 11.4 Å². The van der Waals surface area contributed by atoms with Crippen LogP contribution in [0.5, 0.6) is 11.5 Å². The topological polar surface area (TPSA) is 145 Å². The fourth-order valence-corrected chi connectivity index (χ4v) is 7.35. The quantitative estimate of drug-likeness (QED) is 0.281. The molecule has 13 heteroatoms. The van der Waals surface area contributed by atoms with Crippen molar-refractivity contribution in [3.8, 4) is 11.5 Å². The summed E-state index contributed by atoms with van der Waals surface area (Å²) in [5.74, 6) is 0.564. The number of sulfonamides is 2. The molecular weight excluding hydrogens is 564 g/mol. The molecule has 39 heavy (non-hydrogen) atoms. The van der Waals surface area contributed by atoms with Crippen molar-refractivity contribution in [2.75, 3.05) is 23.7 Å². The fraction of sp³-hybridized carbons (Fsp3) is 0.0769. The number of ether oxygens (including phenoxy) is 2. The maximum Gasteiger partial charge on any atom is 0.262 e. The fourth-order valence-electron chi connectivity index (χ4n) is 3.62. The van der Waals surface area contributed by atoms with Gasteiger partial charge in [-0.1, -0.05) is 36.4 Å². The van der Waals surface area contributed by atoms with E-state index >= 15 is 0 Å². The summed E-state index contributed by atoms with van der Waals surface area (Å²) in [6, 6.07) is 22.2. The molecule has 0 aromatic heterocycles. The lowest BCUT2D eigenvalue weighted by atomic mass is 10.3. The Labute approximate surface area is 227 Å². The van der Waals surface area contributed by atoms with Gasteiger partial charge in [0, 0.05) is 0 Å². The van der Waals surface area contributed by atoms with E-state index in [0.29, 0.717) is 0 Å². The molecule has 2 N–H and O–H groups in total. The first-order valence-electron chi connectivity index (χ1n) is 11.2. The summed E-state index contributed by atoms with van der Waals surface area (Å²) < 4.78 is 94.1. The SMILES string of the molecule is COc1ccccc1NS(=O)(=O)c1cccc(S(=O)(=O)c2cccc(S(=O)(=O)Nc3ccccc3OC)c2)c1. The molecule has 0 amide bonds. The van der Waals surface area contributed by atoms with Gasteiger partial charge in [0.05, 0.1) is 45.2 Å². The molecule has 4 rings (SSSR count). The Bertz CT molecular complexity index is 1710. The molecule has 0 saturated heterocycles.